The van der Waals surface area contributed by atoms with Gasteiger partial charge >= 0.3 is 0 Å². The van der Waals surface area contributed by atoms with Gasteiger partial charge in [0.2, 0.25) is 0 Å². The lowest BCUT2D eigenvalue weighted by molar-refractivity contribution is -0.113. The van der Waals surface area contributed by atoms with E-state index in [1.807, 2.05) is 32.1 Å². The third kappa shape index (κ3) is 3.51. The standard InChI is InChI=1S/C14H15ClN2O2S2/c1-8-6-17(7-9(2)19-8)14-16-13(18)11(21-14)5-10-3-4-12(15)20-10/h3-5,8-9H,6-7H2,1-2H3/b11-5+. The summed E-state index contributed by atoms with van der Waals surface area (Å²) in [6.07, 6.45) is 2.15. The van der Waals surface area contributed by atoms with Crippen molar-refractivity contribution in [1.82, 2.24) is 4.90 Å². The number of ether oxygens (including phenoxy) is 1. The summed E-state index contributed by atoms with van der Waals surface area (Å²) < 4.78 is 6.43. The largest absolute Gasteiger partial charge is 0.372 e. The van der Waals surface area contributed by atoms with Crippen molar-refractivity contribution in [3.05, 3.63) is 26.3 Å². The van der Waals surface area contributed by atoms with Crippen LogP contribution in [0.15, 0.2) is 22.0 Å². The molecule has 0 spiro atoms. The Morgan fingerprint density at radius 2 is 2.10 bits per heavy atom. The third-order valence-electron chi connectivity index (χ3n) is 3.17. The molecule has 2 aliphatic heterocycles. The second-order valence-electron chi connectivity index (χ2n) is 5.11. The summed E-state index contributed by atoms with van der Waals surface area (Å²) in [5.74, 6) is -0.175. The number of thioether (sulfide) groups is 1. The number of nitrogens with zero attached hydrogens (tertiary/aromatic N) is 2. The zero-order chi connectivity index (χ0) is 15.0. The maximum Gasteiger partial charge on any atom is 0.286 e. The van der Waals surface area contributed by atoms with Crippen molar-refractivity contribution in [1.29, 1.82) is 0 Å². The number of halogens is 1. The number of rotatable bonds is 1. The molecule has 1 fully saturated rings. The molecule has 0 N–H and O–H groups in total. The molecule has 3 rings (SSSR count). The highest BCUT2D eigenvalue weighted by atomic mass is 35.5. The van der Waals surface area contributed by atoms with E-state index in [9.17, 15) is 4.79 Å². The van der Waals surface area contributed by atoms with Gasteiger partial charge in [-0.25, -0.2) is 0 Å². The van der Waals surface area contributed by atoms with Crippen molar-refractivity contribution in [2.45, 2.75) is 26.1 Å². The Morgan fingerprint density at radius 3 is 2.71 bits per heavy atom. The molecule has 1 aromatic rings. The molecule has 4 nitrogen and oxygen atoms in total. The van der Waals surface area contributed by atoms with Crippen molar-refractivity contribution in [2.75, 3.05) is 13.1 Å². The van der Waals surface area contributed by atoms with E-state index in [2.05, 4.69) is 9.89 Å². The van der Waals surface area contributed by atoms with Gasteiger partial charge in [0, 0.05) is 18.0 Å². The van der Waals surface area contributed by atoms with Gasteiger partial charge in [-0.05, 0) is 43.8 Å². The lowest BCUT2D eigenvalue weighted by Gasteiger charge is -2.35. The molecule has 2 unspecified atom stereocenters. The van der Waals surface area contributed by atoms with Gasteiger partial charge in [0.1, 0.15) is 0 Å². The van der Waals surface area contributed by atoms with Crippen LogP contribution >= 0.6 is 34.7 Å². The molecule has 1 aromatic heterocycles. The maximum absolute atomic E-state index is 12.0. The van der Waals surface area contributed by atoms with Gasteiger partial charge in [-0.3, -0.25) is 4.79 Å². The number of carbonyl (C=O) groups is 1. The van der Waals surface area contributed by atoms with Crippen LogP contribution in [0, 0.1) is 0 Å². The normalized spacial score (nSPS) is 28.3. The Labute approximate surface area is 136 Å². The Hall–Kier alpha value is -0.820. The van der Waals surface area contributed by atoms with Gasteiger partial charge < -0.3 is 9.64 Å². The Bertz CT molecular complexity index is 616. The zero-order valence-electron chi connectivity index (χ0n) is 11.7. The second-order valence-corrected chi connectivity index (χ2v) is 7.87. The van der Waals surface area contributed by atoms with Gasteiger partial charge in [-0.2, -0.15) is 4.99 Å². The molecule has 0 bridgehead atoms. The highest BCUT2D eigenvalue weighted by molar-refractivity contribution is 8.18. The molecule has 2 aliphatic rings. The van der Waals surface area contributed by atoms with Crippen molar-refractivity contribution < 1.29 is 9.53 Å². The molecule has 3 heterocycles. The number of thiophene rings is 1. The predicted molar refractivity (Wildman–Crippen MR) is 88.9 cm³/mol. The van der Waals surface area contributed by atoms with Gasteiger partial charge in [-0.1, -0.05) is 11.6 Å². The molecular weight excluding hydrogens is 328 g/mol. The first-order chi connectivity index (χ1) is 10.0. The molecule has 0 aliphatic carbocycles. The quantitative estimate of drug-likeness (QED) is 0.733. The molecule has 1 amide bonds. The predicted octanol–water partition coefficient (Wildman–Crippen LogP) is 3.48. The first-order valence-corrected chi connectivity index (χ1v) is 8.70. The van der Waals surface area contributed by atoms with Crippen LogP contribution < -0.4 is 0 Å². The number of carbonyl (C=O) groups excluding carboxylic acids is 1. The van der Waals surface area contributed by atoms with Crippen LogP contribution in [0.3, 0.4) is 0 Å². The van der Waals surface area contributed by atoms with Gasteiger partial charge in [-0.15, -0.1) is 11.3 Å². The van der Waals surface area contributed by atoms with Crippen molar-refractivity contribution in [3.8, 4) is 0 Å². The summed E-state index contributed by atoms with van der Waals surface area (Å²) in [4.78, 5) is 20.0. The van der Waals surface area contributed by atoms with Crippen LogP contribution in [-0.4, -0.2) is 41.3 Å². The van der Waals surface area contributed by atoms with E-state index >= 15 is 0 Å². The second kappa shape index (κ2) is 6.12. The van der Waals surface area contributed by atoms with Crippen LogP contribution in [0.4, 0.5) is 0 Å². The minimum atomic E-state index is -0.175. The molecule has 0 saturated carbocycles. The Balaban J connectivity index is 1.74. The molecule has 7 heteroatoms. The average molecular weight is 343 g/mol. The van der Waals surface area contributed by atoms with E-state index in [0.29, 0.717) is 9.24 Å². The fourth-order valence-corrected chi connectivity index (χ4v) is 4.40. The van der Waals surface area contributed by atoms with Gasteiger partial charge in [0.05, 0.1) is 21.4 Å². The maximum atomic E-state index is 12.0. The average Bonchev–Trinajstić information content (AvgIpc) is 2.96. The van der Waals surface area contributed by atoms with Crippen LogP contribution in [0.1, 0.15) is 18.7 Å². The lowest BCUT2D eigenvalue weighted by Crippen LogP contribution is -2.47. The molecule has 21 heavy (non-hydrogen) atoms. The van der Waals surface area contributed by atoms with Crippen LogP contribution in [0.25, 0.3) is 6.08 Å². The summed E-state index contributed by atoms with van der Waals surface area (Å²) in [5.41, 5.74) is 0. The van der Waals surface area contributed by atoms with Crippen molar-refractivity contribution in [2.24, 2.45) is 4.99 Å². The molecule has 0 radical (unpaired) electrons. The number of amides is 1. The number of hydrogen-bond acceptors (Lipinski definition) is 5. The van der Waals surface area contributed by atoms with Crippen LogP contribution in [-0.2, 0) is 9.53 Å². The Kier molecular flexibility index (Phi) is 4.40. The van der Waals surface area contributed by atoms with E-state index in [4.69, 9.17) is 16.3 Å². The SMILES string of the molecule is CC1CN(C2=NC(=O)/C(=C\c3ccc(Cl)s3)S2)CC(C)O1. The first-order valence-electron chi connectivity index (χ1n) is 6.69. The number of amidine groups is 1. The first kappa shape index (κ1) is 15.1. The van der Waals surface area contributed by atoms with Crippen LogP contribution in [0.2, 0.25) is 4.34 Å². The van der Waals surface area contributed by atoms with E-state index < -0.39 is 0 Å². The van der Waals surface area contributed by atoms with Gasteiger partial charge in [0.25, 0.3) is 5.91 Å². The molecule has 112 valence electrons. The summed E-state index contributed by atoms with van der Waals surface area (Å²) in [5, 5.41) is 0.774. The van der Waals surface area contributed by atoms with E-state index in [1.165, 1.54) is 23.1 Å². The smallest absolute Gasteiger partial charge is 0.286 e. The fraction of sp³-hybridized carbons (Fsp3) is 0.429. The van der Waals surface area contributed by atoms with E-state index in [0.717, 1.165) is 23.1 Å². The Morgan fingerprint density at radius 1 is 1.38 bits per heavy atom. The minimum absolute atomic E-state index is 0.149. The summed E-state index contributed by atoms with van der Waals surface area (Å²) in [6, 6.07) is 3.74. The van der Waals surface area contributed by atoms with Crippen molar-refractivity contribution >= 4 is 51.9 Å². The molecular formula is C14H15ClN2O2S2. The fourth-order valence-electron chi connectivity index (χ4n) is 2.40. The van der Waals surface area contributed by atoms with E-state index in [-0.39, 0.29) is 18.1 Å². The molecule has 0 aromatic carbocycles. The zero-order valence-corrected chi connectivity index (χ0v) is 14.1. The third-order valence-corrected chi connectivity index (χ3v) is 5.39. The summed E-state index contributed by atoms with van der Waals surface area (Å²) in [6.45, 7) is 5.60. The number of aliphatic imine (C=N–C) groups is 1. The van der Waals surface area contributed by atoms with Gasteiger partial charge in [0.15, 0.2) is 5.17 Å². The minimum Gasteiger partial charge on any atom is -0.372 e. The highest BCUT2D eigenvalue weighted by Crippen LogP contribution is 2.33. The molecule has 1 saturated heterocycles. The monoisotopic (exact) mass is 342 g/mol. The van der Waals surface area contributed by atoms with Crippen LogP contribution in [0.5, 0.6) is 0 Å². The number of morpholine rings is 1. The summed E-state index contributed by atoms with van der Waals surface area (Å²) >= 11 is 8.79. The van der Waals surface area contributed by atoms with E-state index in [1.54, 1.807) is 0 Å². The topological polar surface area (TPSA) is 41.9 Å². The summed E-state index contributed by atoms with van der Waals surface area (Å²) in [7, 11) is 0. The molecule has 2 atom stereocenters. The van der Waals surface area contributed by atoms with Crippen molar-refractivity contribution in [3.63, 3.8) is 0 Å². The lowest BCUT2D eigenvalue weighted by atomic mass is 10.2. The highest BCUT2D eigenvalue weighted by Gasteiger charge is 2.31. The number of hydrogen-bond donors (Lipinski definition) is 0.